The molecule has 0 radical (unpaired) electrons. The van der Waals surface area contributed by atoms with Crippen LogP contribution in [0.5, 0.6) is 0 Å². The fraction of sp³-hybridized carbons (Fsp3) is 0.438. The minimum atomic E-state index is -0.0418. The average Bonchev–Trinajstić information content (AvgIpc) is 2.92. The van der Waals surface area contributed by atoms with Gasteiger partial charge in [-0.05, 0) is 38.8 Å². The van der Waals surface area contributed by atoms with Gasteiger partial charge in [0.05, 0.1) is 23.3 Å². The van der Waals surface area contributed by atoms with Crippen LogP contribution in [0.15, 0.2) is 43.0 Å². The summed E-state index contributed by atoms with van der Waals surface area (Å²) in [5.74, 6) is 0. The highest BCUT2D eigenvalue weighted by molar-refractivity contribution is 5.61. The number of ether oxygens (including phenoxy) is 1. The van der Waals surface area contributed by atoms with Gasteiger partial charge < -0.3 is 14.6 Å². The van der Waals surface area contributed by atoms with Crippen LogP contribution < -0.4 is 5.32 Å². The van der Waals surface area contributed by atoms with Crippen LogP contribution >= 0.6 is 0 Å². The molecule has 2 heterocycles. The van der Waals surface area contributed by atoms with Gasteiger partial charge in [0.2, 0.25) is 0 Å². The highest BCUT2D eigenvalue weighted by Crippen LogP contribution is 2.28. The smallest absolute Gasteiger partial charge is 0.0992 e. The number of imidazole rings is 1. The second kappa shape index (κ2) is 5.29. The molecule has 1 aromatic carbocycles. The molecule has 1 atom stereocenters. The van der Waals surface area contributed by atoms with Crippen molar-refractivity contribution < 1.29 is 4.74 Å². The number of hydrogen-bond acceptors (Lipinski definition) is 3. The van der Waals surface area contributed by atoms with Gasteiger partial charge in [0.1, 0.15) is 0 Å². The zero-order valence-corrected chi connectivity index (χ0v) is 12.0. The van der Waals surface area contributed by atoms with E-state index in [-0.39, 0.29) is 5.60 Å². The molecule has 1 saturated heterocycles. The lowest BCUT2D eigenvalue weighted by molar-refractivity contribution is -0.0553. The van der Waals surface area contributed by atoms with Gasteiger partial charge >= 0.3 is 0 Å². The molecule has 1 N–H and O–H groups in total. The van der Waals surface area contributed by atoms with Crippen LogP contribution in [-0.4, -0.2) is 27.8 Å². The van der Waals surface area contributed by atoms with Gasteiger partial charge in [-0.3, -0.25) is 0 Å². The fourth-order valence-corrected chi connectivity index (χ4v) is 2.80. The fourth-order valence-electron chi connectivity index (χ4n) is 2.80. The van der Waals surface area contributed by atoms with Crippen molar-refractivity contribution in [1.29, 1.82) is 0 Å². The predicted octanol–water partition coefficient (Wildman–Crippen LogP) is 3.24. The number of anilines is 1. The molecule has 1 fully saturated rings. The number of benzene rings is 1. The summed E-state index contributed by atoms with van der Waals surface area (Å²) in [5, 5.41) is 3.66. The maximum absolute atomic E-state index is 5.78. The van der Waals surface area contributed by atoms with Gasteiger partial charge in [-0.15, -0.1) is 0 Å². The topological polar surface area (TPSA) is 39.1 Å². The van der Waals surface area contributed by atoms with Gasteiger partial charge in [-0.1, -0.05) is 12.1 Å². The third-order valence-corrected chi connectivity index (χ3v) is 3.74. The van der Waals surface area contributed by atoms with Crippen LogP contribution in [0.4, 0.5) is 5.69 Å². The Balaban J connectivity index is 1.81. The van der Waals surface area contributed by atoms with E-state index in [2.05, 4.69) is 48.4 Å². The molecule has 0 amide bonds. The van der Waals surface area contributed by atoms with E-state index in [0.29, 0.717) is 6.04 Å². The van der Waals surface area contributed by atoms with Gasteiger partial charge in [0, 0.05) is 25.0 Å². The normalized spacial score (nSPS) is 21.6. The molecule has 4 heteroatoms. The quantitative estimate of drug-likeness (QED) is 0.931. The van der Waals surface area contributed by atoms with E-state index >= 15 is 0 Å². The number of rotatable bonds is 3. The molecule has 1 aliphatic rings. The van der Waals surface area contributed by atoms with E-state index in [9.17, 15) is 0 Å². The molecule has 1 aliphatic heterocycles. The molecule has 0 aliphatic carbocycles. The van der Waals surface area contributed by atoms with E-state index in [0.717, 1.165) is 30.8 Å². The Kier molecular flexibility index (Phi) is 3.49. The summed E-state index contributed by atoms with van der Waals surface area (Å²) in [6, 6.07) is 8.79. The largest absolute Gasteiger partial charge is 0.380 e. The summed E-state index contributed by atoms with van der Waals surface area (Å²) in [6.07, 6.45) is 7.66. The van der Waals surface area contributed by atoms with Gasteiger partial charge in [0.15, 0.2) is 0 Å². The number of nitrogens with one attached hydrogen (secondary N) is 1. The van der Waals surface area contributed by atoms with Crippen molar-refractivity contribution in [3.63, 3.8) is 0 Å². The van der Waals surface area contributed by atoms with Crippen molar-refractivity contribution in [2.24, 2.45) is 0 Å². The lowest BCUT2D eigenvalue weighted by Gasteiger charge is -2.36. The molecule has 20 heavy (non-hydrogen) atoms. The molecule has 0 saturated carbocycles. The summed E-state index contributed by atoms with van der Waals surface area (Å²) in [5.41, 5.74) is 2.24. The maximum Gasteiger partial charge on any atom is 0.0992 e. The molecule has 0 bridgehead atoms. The second-order valence-electron chi connectivity index (χ2n) is 5.93. The Morgan fingerprint density at radius 1 is 1.35 bits per heavy atom. The standard InChI is InChI=1S/C16H21N3O/c1-16(2)11-13(7-10-20-16)18-14-5-3-4-6-15(14)19-9-8-17-12-19/h3-6,8-9,12-13,18H,7,10-11H2,1-2H3. The summed E-state index contributed by atoms with van der Waals surface area (Å²) < 4.78 is 7.82. The van der Waals surface area contributed by atoms with E-state index in [1.165, 1.54) is 0 Å². The molecular weight excluding hydrogens is 250 g/mol. The van der Waals surface area contributed by atoms with Gasteiger partial charge in [-0.2, -0.15) is 0 Å². The van der Waals surface area contributed by atoms with Crippen LogP contribution in [0.3, 0.4) is 0 Å². The van der Waals surface area contributed by atoms with Crippen LogP contribution in [-0.2, 0) is 4.74 Å². The minimum absolute atomic E-state index is 0.0418. The van der Waals surface area contributed by atoms with Crippen molar-refractivity contribution in [3.8, 4) is 5.69 Å². The van der Waals surface area contributed by atoms with Crippen molar-refractivity contribution in [1.82, 2.24) is 9.55 Å². The summed E-state index contributed by atoms with van der Waals surface area (Å²) >= 11 is 0. The average molecular weight is 271 g/mol. The monoisotopic (exact) mass is 271 g/mol. The molecule has 4 nitrogen and oxygen atoms in total. The second-order valence-corrected chi connectivity index (χ2v) is 5.93. The minimum Gasteiger partial charge on any atom is -0.380 e. The summed E-state index contributed by atoms with van der Waals surface area (Å²) in [7, 11) is 0. The Labute approximate surface area is 119 Å². The van der Waals surface area contributed by atoms with Crippen molar-refractivity contribution in [2.75, 3.05) is 11.9 Å². The van der Waals surface area contributed by atoms with Crippen molar-refractivity contribution in [2.45, 2.75) is 38.3 Å². The lowest BCUT2D eigenvalue weighted by atomic mass is 9.93. The highest BCUT2D eigenvalue weighted by atomic mass is 16.5. The predicted molar refractivity (Wildman–Crippen MR) is 80.2 cm³/mol. The van der Waals surface area contributed by atoms with Gasteiger partial charge in [0.25, 0.3) is 0 Å². The van der Waals surface area contributed by atoms with E-state index < -0.39 is 0 Å². The number of aromatic nitrogens is 2. The first kappa shape index (κ1) is 13.2. The first-order chi connectivity index (χ1) is 9.64. The molecular formula is C16H21N3O. The van der Waals surface area contributed by atoms with Crippen molar-refractivity contribution >= 4 is 5.69 Å². The van der Waals surface area contributed by atoms with Crippen LogP contribution in [0.1, 0.15) is 26.7 Å². The summed E-state index contributed by atoms with van der Waals surface area (Å²) in [6.45, 7) is 5.13. The van der Waals surface area contributed by atoms with Crippen LogP contribution in [0.2, 0.25) is 0 Å². The first-order valence-electron chi connectivity index (χ1n) is 7.12. The van der Waals surface area contributed by atoms with E-state index in [4.69, 9.17) is 4.74 Å². The van der Waals surface area contributed by atoms with Crippen molar-refractivity contribution in [3.05, 3.63) is 43.0 Å². The van der Waals surface area contributed by atoms with Crippen LogP contribution in [0.25, 0.3) is 5.69 Å². The maximum atomic E-state index is 5.78. The number of nitrogens with zero attached hydrogens (tertiary/aromatic N) is 2. The Hall–Kier alpha value is -1.81. The zero-order valence-electron chi connectivity index (χ0n) is 12.0. The third-order valence-electron chi connectivity index (χ3n) is 3.74. The van der Waals surface area contributed by atoms with E-state index in [1.807, 2.05) is 17.1 Å². The Morgan fingerprint density at radius 2 is 2.20 bits per heavy atom. The number of para-hydroxylation sites is 2. The zero-order chi connectivity index (χ0) is 14.0. The van der Waals surface area contributed by atoms with E-state index in [1.54, 1.807) is 6.20 Å². The molecule has 3 rings (SSSR count). The lowest BCUT2D eigenvalue weighted by Crippen LogP contribution is -2.40. The highest BCUT2D eigenvalue weighted by Gasteiger charge is 2.29. The molecule has 1 aromatic heterocycles. The first-order valence-corrected chi connectivity index (χ1v) is 7.12. The van der Waals surface area contributed by atoms with Crippen LogP contribution in [0, 0.1) is 0 Å². The molecule has 1 unspecified atom stereocenters. The Morgan fingerprint density at radius 3 is 2.95 bits per heavy atom. The molecule has 2 aromatic rings. The number of hydrogen-bond donors (Lipinski definition) is 1. The summed E-state index contributed by atoms with van der Waals surface area (Å²) in [4.78, 5) is 4.12. The van der Waals surface area contributed by atoms with Gasteiger partial charge in [-0.25, -0.2) is 4.98 Å². The molecule has 0 spiro atoms. The molecule has 106 valence electrons. The Bertz CT molecular complexity index is 563. The SMILES string of the molecule is CC1(C)CC(Nc2ccccc2-n2ccnc2)CCO1. The third kappa shape index (κ3) is 2.85.